The standard InChI is InChI=1S/C22H24FN3O3/c1-2-28-21-13-17(14-24)7-8-20(21)29-16-22(27)26-11-9-25(10-12-26)15-18-5-3-4-6-19(18)23/h3-8,13H,2,9-12,15-16H2,1H3. The molecule has 0 N–H and O–H groups in total. The largest absolute Gasteiger partial charge is 0.490 e. The van der Waals surface area contributed by atoms with Crippen LogP contribution in [0.3, 0.4) is 0 Å². The fourth-order valence-corrected chi connectivity index (χ4v) is 3.22. The van der Waals surface area contributed by atoms with Crippen molar-refractivity contribution in [2.45, 2.75) is 13.5 Å². The molecule has 0 atom stereocenters. The fourth-order valence-electron chi connectivity index (χ4n) is 3.22. The summed E-state index contributed by atoms with van der Waals surface area (Å²) >= 11 is 0. The number of rotatable bonds is 7. The van der Waals surface area contributed by atoms with E-state index < -0.39 is 0 Å². The van der Waals surface area contributed by atoms with Crippen molar-refractivity contribution in [3.63, 3.8) is 0 Å². The van der Waals surface area contributed by atoms with Crippen LogP contribution in [-0.2, 0) is 11.3 Å². The summed E-state index contributed by atoms with van der Waals surface area (Å²) in [6, 6.07) is 13.7. The van der Waals surface area contributed by atoms with Crippen LogP contribution in [0.1, 0.15) is 18.1 Å². The molecular formula is C22H24FN3O3. The van der Waals surface area contributed by atoms with Gasteiger partial charge in [-0.2, -0.15) is 5.26 Å². The maximum Gasteiger partial charge on any atom is 0.260 e. The molecule has 0 saturated carbocycles. The summed E-state index contributed by atoms with van der Waals surface area (Å²) < 4.78 is 25.0. The minimum absolute atomic E-state index is 0.0979. The Kier molecular flexibility index (Phi) is 7.04. The van der Waals surface area contributed by atoms with Crippen LogP contribution in [0, 0.1) is 17.1 Å². The predicted octanol–water partition coefficient (Wildman–Crippen LogP) is 2.82. The second kappa shape index (κ2) is 9.89. The van der Waals surface area contributed by atoms with Gasteiger partial charge in [-0.1, -0.05) is 18.2 Å². The van der Waals surface area contributed by atoms with Gasteiger partial charge in [-0.25, -0.2) is 4.39 Å². The van der Waals surface area contributed by atoms with Gasteiger partial charge in [0, 0.05) is 44.4 Å². The van der Waals surface area contributed by atoms with Gasteiger partial charge in [-0.15, -0.1) is 0 Å². The highest BCUT2D eigenvalue weighted by Crippen LogP contribution is 2.28. The number of benzene rings is 2. The third-order valence-corrected chi connectivity index (χ3v) is 4.80. The lowest BCUT2D eigenvalue weighted by Gasteiger charge is -2.34. The molecule has 2 aromatic rings. The van der Waals surface area contributed by atoms with Crippen molar-refractivity contribution >= 4 is 5.91 Å². The van der Waals surface area contributed by atoms with E-state index in [2.05, 4.69) is 11.0 Å². The number of hydrogen-bond acceptors (Lipinski definition) is 5. The van der Waals surface area contributed by atoms with E-state index in [0.29, 0.717) is 62.0 Å². The van der Waals surface area contributed by atoms with Crippen LogP contribution in [0.4, 0.5) is 4.39 Å². The average Bonchev–Trinajstić information content (AvgIpc) is 2.75. The fraction of sp³-hybridized carbons (Fsp3) is 0.364. The quantitative estimate of drug-likeness (QED) is 0.719. The van der Waals surface area contributed by atoms with Crippen molar-refractivity contribution in [3.05, 3.63) is 59.4 Å². The van der Waals surface area contributed by atoms with Crippen molar-refractivity contribution in [1.82, 2.24) is 9.80 Å². The van der Waals surface area contributed by atoms with Crippen molar-refractivity contribution in [1.29, 1.82) is 5.26 Å². The molecule has 3 rings (SSSR count). The second-order valence-electron chi connectivity index (χ2n) is 6.74. The Balaban J connectivity index is 1.50. The molecule has 1 fully saturated rings. The average molecular weight is 397 g/mol. The Labute approximate surface area is 170 Å². The van der Waals surface area contributed by atoms with Gasteiger partial charge in [-0.05, 0) is 25.1 Å². The summed E-state index contributed by atoms with van der Waals surface area (Å²) in [4.78, 5) is 16.4. The topological polar surface area (TPSA) is 65.8 Å². The number of amides is 1. The first-order chi connectivity index (χ1) is 14.1. The molecule has 1 aliphatic rings. The number of nitrogens with zero attached hydrogens (tertiary/aromatic N) is 3. The molecule has 1 saturated heterocycles. The molecule has 1 aliphatic heterocycles. The highest BCUT2D eigenvalue weighted by atomic mass is 19.1. The number of carbonyl (C=O) groups excluding carboxylic acids is 1. The van der Waals surface area contributed by atoms with Gasteiger partial charge >= 0.3 is 0 Å². The molecule has 7 heteroatoms. The van der Waals surface area contributed by atoms with E-state index in [1.807, 2.05) is 13.0 Å². The molecule has 0 unspecified atom stereocenters. The third-order valence-electron chi connectivity index (χ3n) is 4.80. The van der Waals surface area contributed by atoms with E-state index in [1.54, 1.807) is 35.2 Å². The molecule has 1 heterocycles. The van der Waals surface area contributed by atoms with Gasteiger partial charge < -0.3 is 14.4 Å². The van der Waals surface area contributed by atoms with E-state index >= 15 is 0 Å². The first-order valence-corrected chi connectivity index (χ1v) is 9.64. The number of hydrogen-bond donors (Lipinski definition) is 0. The zero-order valence-electron chi connectivity index (χ0n) is 16.4. The summed E-state index contributed by atoms with van der Waals surface area (Å²) in [5, 5.41) is 9.01. The van der Waals surface area contributed by atoms with Gasteiger partial charge in [0.05, 0.1) is 18.2 Å². The predicted molar refractivity (Wildman–Crippen MR) is 106 cm³/mol. The first-order valence-electron chi connectivity index (χ1n) is 9.64. The Morgan fingerprint density at radius 1 is 1.10 bits per heavy atom. The second-order valence-corrected chi connectivity index (χ2v) is 6.74. The SMILES string of the molecule is CCOc1cc(C#N)ccc1OCC(=O)N1CCN(Cc2ccccc2F)CC1. The Bertz CT molecular complexity index is 889. The zero-order chi connectivity index (χ0) is 20.6. The summed E-state index contributed by atoms with van der Waals surface area (Å²) in [5.41, 5.74) is 1.14. The monoisotopic (exact) mass is 397 g/mol. The van der Waals surface area contributed by atoms with Crippen LogP contribution >= 0.6 is 0 Å². The lowest BCUT2D eigenvalue weighted by molar-refractivity contribution is -0.135. The minimum Gasteiger partial charge on any atom is -0.490 e. The number of carbonyl (C=O) groups is 1. The van der Waals surface area contributed by atoms with Crippen LogP contribution in [0.5, 0.6) is 11.5 Å². The highest BCUT2D eigenvalue weighted by molar-refractivity contribution is 5.78. The van der Waals surface area contributed by atoms with Crippen molar-refractivity contribution in [2.75, 3.05) is 39.4 Å². The van der Waals surface area contributed by atoms with E-state index in [9.17, 15) is 9.18 Å². The number of nitriles is 1. The molecule has 0 radical (unpaired) electrons. The zero-order valence-corrected chi connectivity index (χ0v) is 16.4. The smallest absolute Gasteiger partial charge is 0.260 e. The molecule has 152 valence electrons. The maximum atomic E-state index is 13.8. The lowest BCUT2D eigenvalue weighted by Crippen LogP contribution is -2.49. The molecule has 1 amide bonds. The van der Waals surface area contributed by atoms with E-state index in [1.165, 1.54) is 6.07 Å². The molecule has 0 aliphatic carbocycles. The van der Waals surface area contributed by atoms with Gasteiger partial charge in [-0.3, -0.25) is 9.69 Å². The van der Waals surface area contributed by atoms with Crippen molar-refractivity contribution < 1.29 is 18.7 Å². The van der Waals surface area contributed by atoms with Crippen LogP contribution in [0.15, 0.2) is 42.5 Å². The lowest BCUT2D eigenvalue weighted by atomic mass is 10.2. The molecule has 0 aromatic heterocycles. The highest BCUT2D eigenvalue weighted by Gasteiger charge is 2.22. The third kappa shape index (κ3) is 5.46. The first kappa shape index (κ1) is 20.6. The Hall–Kier alpha value is -3.11. The van der Waals surface area contributed by atoms with E-state index in [4.69, 9.17) is 14.7 Å². The molecule has 2 aromatic carbocycles. The summed E-state index contributed by atoms with van der Waals surface area (Å²) in [7, 11) is 0. The van der Waals surface area contributed by atoms with Crippen molar-refractivity contribution in [3.8, 4) is 17.6 Å². The molecule has 0 spiro atoms. The van der Waals surface area contributed by atoms with Gasteiger partial charge in [0.25, 0.3) is 5.91 Å². The molecular weight excluding hydrogens is 373 g/mol. The van der Waals surface area contributed by atoms with E-state index in [-0.39, 0.29) is 18.3 Å². The normalized spacial score (nSPS) is 14.3. The van der Waals surface area contributed by atoms with Crippen LogP contribution in [0.2, 0.25) is 0 Å². The maximum absolute atomic E-state index is 13.8. The van der Waals surface area contributed by atoms with Crippen molar-refractivity contribution in [2.24, 2.45) is 0 Å². The molecule has 29 heavy (non-hydrogen) atoms. The summed E-state index contributed by atoms with van der Waals surface area (Å²) in [6.45, 7) is 5.22. The number of piperazine rings is 1. The van der Waals surface area contributed by atoms with Gasteiger partial charge in [0.2, 0.25) is 0 Å². The van der Waals surface area contributed by atoms with Gasteiger partial charge in [0.1, 0.15) is 5.82 Å². The van der Waals surface area contributed by atoms with Crippen LogP contribution in [-0.4, -0.2) is 55.1 Å². The summed E-state index contributed by atoms with van der Waals surface area (Å²) in [5.74, 6) is 0.584. The van der Waals surface area contributed by atoms with Crippen LogP contribution in [0.25, 0.3) is 0 Å². The van der Waals surface area contributed by atoms with Gasteiger partial charge in [0.15, 0.2) is 18.1 Å². The Morgan fingerprint density at radius 2 is 1.86 bits per heavy atom. The minimum atomic E-state index is -0.202. The molecule has 0 bridgehead atoms. The number of ether oxygens (including phenoxy) is 2. The number of halogens is 1. The summed E-state index contributed by atoms with van der Waals surface area (Å²) in [6.07, 6.45) is 0. The molecule has 6 nitrogen and oxygen atoms in total. The van der Waals surface area contributed by atoms with Crippen LogP contribution < -0.4 is 9.47 Å². The van der Waals surface area contributed by atoms with E-state index in [0.717, 1.165) is 0 Å². The Morgan fingerprint density at radius 3 is 2.55 bits per heavy atom.